The first-order valence-electron chi connectivity index (χ1n) is 4.03. The zero-order valence-electron chi connectivity index (χ0n) is 7.69. The first-order valence-corrected chi connectivity index (χ1v) is 4.03. The van der Waals surface area contributed by atoms with E-state index < -0.39 is 5.97 Å². The molecule has 1 rings (SSSR count). The van der Waals surface area contributed by atoms with Crippen molar-refractivity contribution in [2.24, 2.45) is 0 Å². The molecule has 1 aromatic rings. The summed E-state index contributed by atoms with van der Waals surface area (Å²) in [4.78, 5) is 14.7. The quantitative estimate of drug-likeness (QED) is 0.716. The molecule has 0 aliphatic carbocycles. The lowest BCUT2D eigenvalue weighted by Crippen LogP contribution is -2.08. The highest BCUT2D eigenvalue weighted by atomic mass is 16.4. The zero-order chi connectivity index (χ0) is 9.84. The van der Waals surface area contributed by atoms with Crippen LogP contribution in [0.25, 0.3) is 0 Å². The van der Waals surface area contributed by atoms with E-state index in [1.54, 1.807) is 11.5 Å². The summed E-state index contributed by atoms with van der Waals surface area (Å²) >= 11 is 0. The Morgan fingerprint density at radius 1 is 1.77 bits per heavy atom. The summed E-state index contributed by atoms with van der Waals surface area (Å²) < 4.78 is 1.66. The van der Waals surface area contributed by atoms with E-state index in [0.717, 1.165) is 5.82 Å². The average molecular weight is 180 g/mol. The summed E-state index contributed by atoms with van der Waals surface area (Å²) in [5.41, 5.74) is 0.232. The lowest BCUT2D eigenvalue weighted by molar-refractivity contribution is 0.0685. The van der Waals surface area contributed by atoms with Gasteiger partial charge in [0, 0.05) is 6.54 Å². The number of rotatable bonds is 3. The molecule has 1 heterocycles. The third-order valence-corrected chi connectivity index (χ3v) is 1.80. The summed E-state index contributed by atoms with van der Waals surface area (Å²) in [5.74, 6) is -0.222. The number of allylic oxidation sites excluding steroid dienone is 2. The first kappa shape index (κ1) is 9.51. The molecule has 0 saturated heterocycles. The molecule has 0 fully saturated rings. The van der Waals surface area contributed by atoms with Crippen molar-refractivity contribution < 1.29 is 9.90 Å². The van der Waals surface area contributed by atoms with E-state index in [-0.39, 0.29) is 5.69 Å². The fourth-order valence-corrected chi connectivity index (χ4v) is 1.08. The maximum Gasteiger partial charge on any atom is 0.354 e. The van der Waals surface area contributed by atoms with Crippen LogP contribution in [0.15, 0.2) is 18.3 Å². The highest BCUT2D eigenvalue weighted by Crippen LogP contribution is 2.04. The van der Waals surface area contributed by atoms with Gasteiger partial charge in [-0.25, -0.2) is 9.78 Å². The van der Waals surface area contributed by atoms with E-state index in [4.69, 9.17) is 5.11 Å². The van der Waals surface area contributed by atoms with Crippen LogP contribution in [0.3, 0.4) is 0 Å². The van der Waals surface area contributed by atoms with Crippen LogP contribution in [-0.4, -0.2) is 20.6 Å². The van der Waals surface area contributed by atoms with Gasteiger partial charge in [0.25, 0.3) is 0 Å². The number of nitrogens with zero attached hydrogens (tertiary/aromatic N) is 2. The molecule has 4 nitrogen and oxygen atoms in total. The van der Waals surface area contributed by atoms with Gasteiger partial charge < -0.3 is 9.67 Å². The Balaban J connectivity index is 3.01. The van der Waals surface area contributed by atoms with Crippen LogP contribution in [0.1, 0.15) is 23.2 Å². The standard InChI is InChI=1S/C9H12N2O2/c1-3-4-5-11-7(2)10-6-8(11)9(12)13/h3-4,6H,5H2,1-2H3,(H,12,13). The van der Waals surface area contributed by atoms with Gasteiger partial charge in [0.2, 0.25) is 0 Å². The molecule has 0 atom stereocenters. The molecule has 1 N–H and O–H groups in total. The van der Waals surface area contributed by atoms with Crippen LogP contribution in [0.5, 0.6) is 0 Å². The van der Waals surface area contributed by atoms with E-state index in [1.807, 2.05) is 19.1 Å². The Hall–Kier alpha value is -1.58. The molecule has 0 saturated carbocycles. The smallest absolute Gasteiger partial charge is 0.354 e. The van der Waals surface area contributed by atoms with Gasteiger partial charge in [0.05, 0.1) is 6.20 Å². The van der Waals surface area contributed by atoms with Crippen molar-refractivity contribution in [3.8, 4) is 0 Å². The second kappa shape index (κ2) is 3.89. The van der Waals surface area contributed by atoms with Crippen LogP contribution in [0.2, 0.25) is 0 Å². The van der Waals surface area contributed by atoms with Gasteiger partial charge in [-0.1, -0.05) is 12.2 Å². The lowest BCUT2D eigenvalue weighted by atomic mass is 10.4. The molecule has 13 heavy (non-hydrogen) atoms. The Labute approximate surface area is 76.5 Å². The summed E-state index contributed by atoms with van der Waals surface area (Å²) in [6.45, 7) is 4.24. The highest BCUT2D eigenvalue weighted by molar-refractivity contribution is 5.85. The lowest BCUT2D eigenvalue weighted by Gasteiger charge is -2.02. The molecule has 1 aromatic heterocycles. The van der Waals surface area contributed by atoms with E-state index in [0.29, 0.717) is 6.54 Å². The fraction of sp³-hybridized carbons (Fsp3) is 0.333. The predicted molar refractivity (Wildman–Crippen MR) is 48.7 cm³/mol. The number of aromatic carboxylic acids is 1. The van der Waals surface area contributed by atoms with Gasteiger partial charge >= 0.3 is 5.97 Å². The SMILES string of the molecule is CC=CCn1c(C(=O)O)cnc1C. The number of carboxylic acid groups (broad SMARTS) is 1. The van der Waals surface area contributed by atoms with Crippen molar-refractivity contribution in [2.75, 3.05) is 0 Å². The summed E-state index contributed by atoms with van der Waals surface area (Å²) in [6, 6.07) is 0. The normalized spacial score (nSPS) is 10.9. The van der Waals surface area contributed by atoms with Crippen LogP contribution in [0, 0.1) is 6.92 Å². The number of imidazole rings is 1. The van der Waals surface area contributed by atoms with Crippen molar-refractivity contribution in [3.05, 3.63) is 29.9 Å². The number of carboxylic acids is 1. The van der Waals surface area contributed by atoms with Crippen molar-refractivity contribution in [3.63, 3.8) is 0 Å². The third-order valence-electron chi connectivity index (χ3n) is 1.80. The second-order valence-electron chi connectivity index (χ2n) is 2.68. The molecule has 0 unspecified atom stereocenters. The molecule has 0 aromatic carbocycles. The maximum atomic E-state index is 10.7. The fourth-order valence-electron chi connectivity index (χ4n) is 1.08. The van der Waals surface area contributed by atoms with Gasteiger partial charge in [0.15, 0.2) is 0 Å². The number of aromatic nitrogens is 2. The molecular weight excluding hydrogens is 168 g/mol. The Kier molecular flexibility index (Phi) is 2.84. The number of hydrogen-bond donors (Lipinski definition) is 1. The molecule has 0 aliphatic heterocycles. The van der Waals surface area contributed by atoms with E-state index in [9.17, 15) is 4.79 Å². The maximum absolute atomic E-state index is 10.7. The van der Waals surface area contributed by atoms with E-state index >= 15 is 0 Å². The van der Waals surface area contributed by atoms with Crippen LogP contribution in [-0.2, 0) is 6.54 Å². The first-order chi connectivity index (χ1) is 6.16. The largest absolute Gasteiger partial charge is 0.477 e. The van der Waals surface area contributed by atoms with Crippen LogP contribution < -0.4 is 0 Å². The van der Waals surface area contributed by atoms with Crippen molar-refractivity contribution in [1.29, 1.82) is 0 Å². The van der Waals surface area contributed by atoms with Gasteiger partial charge in [-0.15, -0.1) is 0 Å². The van der Waals surface area contributed by atoms with Crippen molar-refractivity contribution >= 4 is 5.97 Å². The van der Waals surface area contributed by atoms with Gasteiger partial charge in [0.1, 0.15) is 11.5 Å². The average Bonchev–Trinajstić information content (AvgIpc) is 2.43. The van der Waals surface area contributed by atoms with Gasteiger partial charge in [-0.05, 0) is 13.8 Å². The molecule has 0 amide bonds. The monoisotopic (exact) mass is 180 g/mol. The molecule has 0 radical (unpaired) electrons. The van der Waals surface area contributed by atoms with Crippen LogP contribution >= 0.6 is 0 Å². The molecule has 4 heteroatoms. The van der Waals surface area contributed by atoms with Crippen molar-refractivity contribution in [2.45, 2.75) is 20.4 Å². The number of carbonyl (C=O) groups is 1. The van der Waals surface area contributed by atoms with Gasteiger partial charge in [-0.2, -0.15) is 0 Å². The number of hydrogen-bond acceptors (Lipinski definition) is 2. The minimum absolute atomic E-state index is 0.232. The summed E-state index contributed by atoms with van der Waals surface area (Å²) in [7, 11) is 0. The van der Waals surface area contributed by atoms with Crippen molar-refractivity contribution in [1.82, 2.24) is 9.55 Å². The Morgan fingerprint density at radius 2 is 2.46 bits per heavy atom. The molecule has 0 bridgehead atoms. The summed E-state index contributed by atoms with van der Waals surface area (Å²) in [6.07, 6.45) is 5.15. The summed E-state index contributed by atoms with van der Waals surface area (Å²) in [5, 5.41) is 8.79. The van der Waals surface area contributed by atoms with Gasteiger partial charge in [-0.3, -0.25) is 0 Å². The Bertz CT molecular complexity index is 339. The molecule has 70 valence electrons. The highest BCUT2D eigenvalue weighted by Gasteiger charge is 2.11. The van der Waals surface area contributed by atoms with E-state index in [2.05, 4.69) is 4.98 Å². The second-order valence-corrected chi connectivity index (χ2v) is 2.68. The molecular formula is C9H12N2O2. The third kappa shape index (κ3) is 1.96. The van der Waals surface area contributed by atoms with E-state index in [1.165, 1.54) is 6.20 Å². The molecule has 0 spiro atoms. The molecule has 0 aliphatic rings. The minimum Gasteiger partial charge on any atom is -0.477 e. The Morgan fingerprint density at radius 3 is 3.00 bits per heavy atom. The van der Waals surface area contributed by atoms with Crippen LogP contribution in [0.4, 0.5) is 0 Å². The predicted octanol–water partition coefficient (Wildman–Crippen LogP) is 1.47. The minimum atomic E-state index is -0.940. The topological polar surface area (TPSA) is 55.1 Å². The number of aryl methyl sites for hydroxylation is 1. The zero-order valence-corrected chi connectivity index (χ0v) is 7.69.